The Hall–Kier alpha value is -1.08. The van der Waals surface area contributed by atoms with Crippen molar-refractivity contribution in [2.75, 3.05) is 6.54 Å². The summed E-state index contributed by atoms with van der Waals surface area (Å²) in [5, 5.41) is 13.5. The fourth-order valence-electron chi connectivity index (χ4n) is 1.76. The number of rotatable bonds is 6. The smallest absolute Gasteiger partial charge is 0.317 e. The first-order valence-corrected chi connectivity index (χ1v) is 7.73. The van der Waals surface area contributed by atoms with Crippen LogP contribution in [0, 0.1) is 0 Å². The fraction of sp³-hybridized carbons (Fsp3) is 0.500. The Morgan fingerprint density at radius 2 is 2.26 bits per heavy atom. The molecule has 1 aliphatic carbocycles. The molecule has 2 rings (SSSR count). The second kappa shape index (κ2) is 6.38. The van der Waals surface area contributed by atoms with Crippen LogP contribution in [-0.2, 0) is 11.3 Å². The van der Waals surface area contributed by atoms with Gasteiger partial charge >= 0.3 is 12.0 Å². The number of urea groups is 1. The SMILES string of the molecule is O=C(O)CCN(C(=O)NCc1sccc1Br)C1CC1. The Morgan fingerprint density at radius 3 is 2.79 bits per heavy atom. The van der Waals surface area contributed by atoms with Crippen LogP contribution in [0.3, 0.4) is 0 Å². The van der Waals surface area contributed by atoms with Gasteiger partial charge in [0.25, 0.3) is 0 Å². The lowest BCUT2D eigenvalue weighted by molar-refractivity contribution is -0.137. The molecule has 5 nitrogen and oxygen atoms in total. The molecule has 0 saturated heterocycles. The number of nitrogens with one attached hydrogen (secondary N) is 1. The van der Waals surface area contributed by atoms with Crippen LogP contribution in [0.25, 0.3) is 0 Å². The number of hydrogen-bond acceptors (Lipinski definition) is 3. The van der Waals surface area contributed by atoms with Crippen molar-refractivity contribution in [3.8, 4) is 0 Å². The van der Waals surface area contributed by atoms with Crippen LogP contribution in [0.1, 0.15) is 24.1 Å². The van der Waals surface area contributed by atoms with Gasteiger partial charge in [0.15, 0.2) is 0 Å². The zero-order chi connectivity index (χ0) is 13.8. The standard InChI is InChI=1S/C12H15BrN2O3S/c13-9-4-6-19-10(9)7-14-12(18)15(8-1-2-8)5-3-11(16)17/h4,6,8H,1-3,5,7H2,(H,14,18)(H,16,17). The number of carbonyl (C=O) groups excluding carboxylic acids is 1. The Kier molecular flexibility index (Phi) is 4.81. The van der Waals surface area contributed by atoms with Gasteiger partial charge in [-0.25, -0.2) is 4.79 Å². The number of carbonyl (C=O) groups is 2. The number of nitrogens with zero attached hydrogens (tertiary/aromatic N) is 1. The van der Waals surface area contributed by atoms with Crippen molar-refractivity contribution in [1.29, 1.82) is 0 Å². The predicted octanol–water partition coefficient (Wildman–Crippen LogP) is 2.66. The van der Waals surface area contributed by atoms with Crippen molar-refractivity contribution >= 4 is 39.3 Å². The third-order valence-electron chi connectivity index (χ3n) is 2.91. The molecule has 104 valence electrons. The van der Waals surface area contributed by atoms with Gasteiger partial charge in [-0.3, -0.25) is 4.79 Å². The first-order valence-electron chi connectivity index (χ1n) is 6.06. The molecule has 2 amide bonds. The van der Waals surface area contributed by atoms with Gasteiger partial charge in [0.2, 0.25) is 0 Å². The van der Waals surface area contributed by atoms with Gasteiger partial charge in [0, 0.05) is 21.9 Å². The highest BCUT2D eigenvalue weighted by molar-refractivity contribution is 9.10. The molecule has 1 heterocycles. The van der Waals surface area contributed by atoms with E-state index in [2.05, 4.69) is 21.2 Å². The van der Waals surface area contributed by atoms with Gasteiger partial charge in [-0.1, -0.05) is 0 Å². The Labute approximate surface area is 123 Å². The third kappa shape index (κ3) is 4.21. The minimum Gasteiger partial charge on any atom is -0.481 e. The van der Waals surface area contributed by atoms with E-state index in [0.717, 1.165) is 22.2 Å². The number of aliphatic carboxylic acids is 1. The van der Waals surface area contributed by atoms with Crippen LogP contribution < -0.4 is 5.32 Å². The monoisotopic (exact) mass is 346 g/mol. The Bertz CT molecular complexity index is 473. The second-order valence-corrected chi connectivity index (χ2v) is 6.27. The third-order valence-corrected chi connectivity index (χ3v) is 4.83. The molecule has 1 saturated carbocycles. The summed E-state index contributed by atoms with van der Waals surface area (Å²) >= 11 is 4.98. The Balaban J connectivity index is 1.85. The van der Waals surface area contributed by atoms with Gasteiger partial charge in [-0.2, -0.15) is 0 Å². The topological polar surface area (TPSA) is 69.6 Å². The molecule has 0 aromatic carbocycles. The first-order chi connectivity index (χ1) is 9.08. The van der Waals surface area contributed by atoms with Crippen LogP contribution in [0.4, 0.5) is 4.79 Å². The maximum absolute atomic E-state index is 12.1. The average molecular weight is 347 g/mol. The summed E-state index contributed by atoms with van der Waals surface area (Å²) < 4.78 is 0.987. The highest BCUT2D eigenvalue weighted by Gasteiger charge is 2.32. The number of carboxylic acids is 1. The maximum atomic E-state index is 12.1. The molecule has 1 aromatic rings. The van der Waals surface area contributed by atoms with Crippen molar-refractivity contribution in [2.45, 2.75) is 31.8 Å². The second-order valence-electron chi connectivity index (χ2n) is 4.42. The quantitative estimate of drug-likeness (QED) is 0.831. The largest absolute Gasteiger partial charge is 0.481 e. The number of halogens is 1. The molecule has 0 spiro atoms. The van der Waals surface area contributed by atoms with Gasteiger partial charge < -0.3 is 15.3 Å². The number of hydrogen-bond donors (Lipinski definition) is 2. The van der Waals surface area contributed by atoms with Crippen molar-refractivity contribution < 1.29 is 14.7 Å². The van der Waals surface area contributed by atoms with Gasteiger partial charge in [0.05, 0.1) is 13.0 Å². The summed E-state index contributed by atoms with van der Waals surface area (Å²) in [5.74, 6) is -0.876. The number of amides is 2. The molecule has 1 aromatic heterocycles. The van der Waals surface area contributed by atoms with E-state index >= 15 is 0 Å². The van der Waals surface area contributed by atoms with E-state index in [-0.39, 0.29) is 25.0 Å². The Morgan fingerprint density at radius 1 is 1.53 bits per heavy atom. The molecule has 7 heteroatoms. The van der Waals surface area contributed by atoms with E-state index in [1.165, 1.54) is 0 Å². The highest BCUT2D eigenvalue weighted by Crippen LogP contribution is 2.27. The normalized spacial score (nSPS) is 14.2. The van der Waals surface area contributed by atoms with Crippen LogP contribution in [0.15, 0.2) is 15.9 Å². The van der Waals surface area contributed by atoms with Crippen molar-refractivity contribution in [1.82, 2.24) is 10.2 Å². The van der Waals surface area contributed by atoms with Crippen LogP contribution in [-0.4, -0.2) is 34.6 Å². The van der Waals surface area contributed by atoms with E-state index < -0.39 is 5.97 Å². The lowest BCUT2D eigenvalue weighted by Crippen LogP contribution is -2.42. The number of thiophene rings is 1. The molecule has 19 heavy (non-hydrogen) atoms. The molecule has 0 aliphatic heterocycles. The molecule has 1 fully saturated rings. The maximum Gasteiger partial charge on any atom is 0.317 e. The first kappa shape index (κ1) is 14.3. The van der Waals surface area contributed by atoms with Crippen molar-refractivity contribution in [3.63, 3.8) is 0 Å². The molecule has 0 atom stereocenters. The van der Waals surface area contributed by atoms with E-state index in [1.54, 1.807) is 16.2 Å². The summed E-state index contributed by atoms with van der Waals surface area (Å²) in [4.78, 5) is 25.3. The van der Waals surface area contributed by atoms with E-state index in [1.807, 2.05) is 11.4 Å². The molecule has 0 unspecified atom stereocenters. The minimum atomic E-state index is -0.876. The fourth-order valence-corrected chi connectivity index (χ4v) is 3.19. The molecule has 0 radical (unpaired) electrons. The van der Waals surface area contributed by atoms with Gasteiger partial charge in [0.1, 0.15) is 0 Å². The van der Waals surface area contributed by atoms with Gasteiger partial charge in [-0.05, 0) is 40.2 Å². The highest BCUT2D eigenvalue weighted by atomic mass is 79.9. The summed E-state index contributed by atoms with van der Waals surface area (Å²) in [6, 6.07) is 1.98. The van der Waals surface area contributed by atoms with E-state index in [9.17, 15) is 9.59 Å². The molecule has 2 N–H and O–H groups in total. The van der Waals surface area contributed by atoms with Crippen LogP contribution in [0.5, 0.6) is 0 Å². The lowest BCUT2D eigenvalue weighted by atomic mass is 10.4. The summed E-state index contributed by atoms with van der Waals surface area (Å²) in [5.41, 5.74) is 0. The predicted molar refractivity (Wildman–Crippen MR) is 76.2 cm³/mol. The zero-order valence-electron chi connectivity index (χ0n) is 10.3. The van der Waals surface area contributed by atoms with Crippen LogP contribution >= 0.6 is 27.3 Å². The lowest BCUT2D eigenvalue weighted by Gasteiger charge is -2.21. The summed E-state index contributed by atoms with van der Waals surface area (Å²) in [6.07, 6.45) is 1.93. The molecule has 0 bridgehead atoms. The van der Waals surface area contributed by atoms with Crippen molar-refractivity contribution in [3.05, 3.63) is 20.8 Å². The van der Waals surface area contributed by atoms with Crippen LogP contribution in [0.2, 0.25) is 0 Å². The molecular weight excluding hydrogens is 332 g/mol. The minimum absolute atomic E-state index is 0.00732. The summed E-state index contributed by atoms with van der Waals surface area (Å²) in [6.45, 7) is 0.741. The summed E-state index contributed by atoms with van der Waals surface area (Å²) in [7, 11) is 0. The molecule has 1 aliphatic rings. The van der Waals surface area contributed by atoms with E-state index in [0.29, 0.717) is 6.54 Å². The zero-order valence-corrected chi connectivity index (χ0v) is 12.7. The van der Waals surface area contributed by atoms with Gasteiger partial charge in [-0.15, -0.1) is 11.3 Å². The molecular formula is C12H15BrN2O3S. The number of carboxylic acid groups (broad SMARTS) is 1. The van der Waals surface area contributed by atoms with Crippen molar-refractivity contribution in [2.24, 2.45) is 0 Å². The average Bonchev–Trinajstić information content (AvgIpc) is 3.10. The van der Waals surface area contributed by atoms with E-state index in [4.69, 9.17) is 5.11 Å².